The summed E-state index contributed by atoms with van der Waals surface area (Å²) in [5, 5.41) is 7.58. The molecule has 18 heavy (non-hydrogen) atoms. The predicted molar refractivity (Wildman–Crippen MR) is 74.8 cm³/mol. The van der Waals surface area contributed by atoms with Gasteiger partial charge in [-0.3, -0.25) is 9.48 Å². The summed E-state index contributed by atoms with van der Waals surface area (Å²) in [5.41, 5.74) is 0.746. The number of rotatable bonds is 5. The van der Waals surface area contributed by atoms with Gasteiger partial charge in [-0.25, -0.2) is 0 Å². The predicted octanol–water partition coefficient (Wildman–Crippen LogP) is 2.63. The molecule has 0 aromatic carbocycles. The van der Waals surface area contributed by atoms with Crippen molar-refractivity contribution in [2.45, 2.75) is 39.2 Å². The largest absolute Gasteiger partial charge is 0.317 e. The van der Waals surface area contributed by atoms with Gasteiger partial charge in [-0.1, -0.05) is 6.92 Å². The number of aryl methyl sites for hydroxylation is 1. The van der Waals surface area contributed by atoms with Crippen LogP contribution in [-0.4, -0.2) is 28.7 Å². The molecule has 2 heterocycles. The van der Waals surface area contributed by atoms with E-state index in [1.54, 1.807) is 6.20 Å². The maximum Gasteiger partial charge on any atom is 0.182 e. The fourth-order valence-electron chi connectivity index (χ4n) is 2.47. The molecule has 5 heteroatoms. The van der Waals surface area contributed by atoms with E-state index < -0.39 is 0 Å². The monoisotopic (exact) mass is 313 g/mol. The summed E-state index contributed by atoms with van der Waals surface area (Å²) in [5.74, 6) is 0.746. The molecule has 0 bridgehead atoms. The standard InChI is InChI=1S/C13H20BrN3O/c1-2-7-17-13(11(14)9-16-17)12(18)8-10-3-5-15-6-4-10/h9-10,15H,2-8H2,1H3. The Kier molecular flexibility index (Phi) is 4.95. The molecule has 4 nitrogen and oxygen atoms in total. The number of nitrogens with zero attached hydrogens (tertiary/aromatic N) is 2. The lowest BCUT2D eigenvalue weighted by Crippen LogP contribution is -2.29. The number of halogens is 1. The third-order valence-electron chi connectivity index (χ3n) is 3.43. The number of carbonyl (C=O) groups is 1. The second-order valence-electron chi connectivity index (χ2n) is 4.88. The summed E-state index contributed by atoms with van der Waals surface area (Å²) < 4.78 is 2.66. The lowest BCUT2D eigenvalue weighted by Gasteiger charge is -2.21. The Morgan fingerprint density at radius 1 is 1.56 bits per heavy atom. The first kappa shape index (κ1) is 13.7. The van der Waals surface area contributed by atoms with Gasteiger partial charge >= 0.3 is 0 Å². The van der Waals surface area contributed by atoms with Crippen molar-refractivity contribution in [3.63, 3.8) is 0 Å². The fraction of sp³-hybridized carbons (Fsp3) is 0.692. The van der Waals surface area contributed by atoms with Crippen LogP contribution >= 0.6 is 15.9 Å². The van der Waals surface area contributed by atoms with Crippen LogP contribution in [0.3, 0.4) is 0 Å². The van der Waals surface area contributed by atoms with Gasteiger partial charge in [0.1, 0.15) is 5.69 Å². The highest BCUT2D eigenvalue weighted by Crippen LogP contribution is 2.23. The second-order valence-corrected chi connectivity index (χ2v) is 5.74. The van der Waals surface area contributed by atoms with Crippen molar-refractivity contribution in [3.8, 4) is 0 Å². The number of Topliss-reactive ketones (excluding diaryl/α,β-unsaturated/α-hetero) is 1. The summed E-state index contributed by atoms with van der Waals surface area (Å²) in [6.45, 7) is 4.97. The lowest BCUT2D eigenvalue weighted by molar-refractivity contribution is 0.0941. The van der Waals surface area contributed by atoms with Crippen LogP contribution in [-0.2, 0) is 6.54 Å². The van der Waals surface area contributed by atoms with Crippen molar-refractivity contribution in [2.75, 3.05) is 13.1 Å². The van der Waals surface area contributed by atoms with Crippen molar-refractivity contribution in [2.24, 2.45) is 5.92 Å². The molecule has 1 aromatic heterocycles. The van der Waals surface area contributed by atoms with E-state index in [1.807, 2.05) is 4.68 Å². The second kappa shape index (κ2) is 6.48. The molecular weight excluding hydrogens is 294 g/mol. The van der Waals surface area contributed by atoms with Crippen LogP contribution < -0.4 is 5.32 Å². The number of aromatic nitrogens is 2. The highest BCUT2D eigenvalue weighted by molar-refractivity contribution is 9.10. The van der Waals surface area contributed by atoms with Gasteiger partial charge in [0, 0.05) is 13.0 Å². The number of carbonyl (C=O) groups excluding carboxylic acids is 1. The van der Waals surface area contributed by atoms with E-state index in [0.717, 1.165) is 49.1 Å². The SMILES string of the molecule is CCCn1ncc(Br)c1C(=O)CC1CCNCC1. The van der Waals surface area contributed by atoms with E-state index in [0.29, 0.717) is 12.3 Å². The van der Waals surface area contributed by atoms with Crippen molar-refractivity contribution in [1.29, 1.82) is 0 Å². The minimum absolute atomic E-state index is 0.222. The molecule has 1 aliphatic rings. The Morgan fingerprint density at radius 2 is 2.28 bits per heavy atom. The van der Waals surface area contributed by atoms with E-state index >= 15 is 0 Å². The Hall–Kier alpha value is -0.680. The highest BCUT2D eigenvalue weighted by Gasteiger charge is 2.22. The van der Waals surface area contributed by atoms with Gasteiger partial charge in [0.15, 0.2) is 5.78 Å². The molecule has 100 valence electrons. The van der Waals surface area contributed by atoms with Gasteiger partial charge in [-0.15, -0.1) is 0 Å². The van der Waals surface area contributed by atoms with Crippen LogP contribution in [0.5, 0.6) is 0 Å². The average molecular weight is 314 g/mol. The molecule has 0 radical (unpaired) electrons. The van der Waals surface area contributed by atoms with E-state index in [4.69, 9.17) is 0 Å². The van der Waals surface area contributed by atoms with Gasteiger partial charge in [0.2, 0.25) is 0 Å². The Bertz CT molecular complexity index is 410. The van der Waals surface area contributed by atoms with Gasteiger partial charge in [0.05, 0.1) is 10.7 Å². The minimum atomic E-state index is 0.222. The van der Waals surface area contributed by atoms with Crippen LogP contribution in [0.2, 0.25) is 0 Å². The van der Waals surface area contributed by atoms with E-state index in [9.17, 15) is 4.79 Å². The zero-order valence-corrected chi connectivity index (χ0v) is 12.4. The topological polar surface area (TPSA) is 46.9 Å². The third-order valence-corrected chi connectivity index (χ3v) is 4.01. The first-order valence-corrected chi connectivity index (χ1v) is 7.47. The molecule has 2 rings (SSSR count). The fourth-order valence-corrected chi connectivity index (χ4v) is 2.98. The number of nitrogens with one attached hydrogen (secondary N) is 1. The average Bonchev–Trinajstić information content (AvgIpc) is 2.72. The smallest absolute Gasteiger partial charge is 0.182 e. The van der Waals surface area contributed by atoms with Gasteiger partial charge < -0.3 is 5.32 Å². The quantitative estimate of drug-likeness (QED) is 0.850. The first-order chi connectivity index (χ1) is 8.72. The molecule has 1 saturated heterocycles. The molecule has 1 N–H and O–H groups in total. The number of hydrogen-bond acceptors (Lipinski definition) is 3. The molecule has 0 saturated carbocycles. The zero-order valence-electron chi connectivity index (χ0n) is 10.8. The Morgan fingerprint density at radius 3 is 2.94 bits per heavy atom. The molecule has 1 aliphatic heterocycles. The van der Waals surface area contributed by atoms with Crippen molar-refractivity contribution >= 4 is 21.7 Å². The van der Waals surface area contributed by atoms with Gasteiger partial charge in [-0.2, -0.15) is 5.10 Å². The molecule has 0 spiro atoms. The van der Waals surface area contributed by atoms with E-state index in [-0.39, 0.29) is 5.78 Å². The third kappa shape index (κ3) is 3.20. The Balaban J connectivity index is 2.05. The summed E-state index contributed by atoms with van der Waals surface area (Å²) in [6.07, 6.45) is 5.57. The van der Waals surface area contributed by atoms with Crippen LogP contribution in [0.25, 0.3) is 0 Å². The Labute approximate surface area is 116 Å². The van der Waals surface area contributed by atoms with Gasteiger partial charge in [0.25, 0.3) is 0 Å². The maximum atomic E-state index is 12.4. The van der Waals surface area contributed by atoms with Gasteiger partial charge in [-0.05, 0) is 54.2 Å². The van der Waals surface area contributed by atoms with Crippen LogP contribution in [0.15, 0.2) is 10.7 Å². The minimum Gasteiger partial charge on any atom is -0.317 e. The van der Waals surface area contributed by atoms with Crippen LogP contribution in [0, 0.1) is 5.92 Å². The molecular formula is C13H20BrN3O. The van der Waals surface area contributed by atoms with Crippen molar-refractivity contribution in [3.05, 3.63) is 16.4 Å². The lowest BCUT2D eigenvalue weighted by atomic mass is 9.92. The normalized spacial score (nSPS) is 17.0. The molecule has 1 fully saturated rings. The highest BCUT2D eigenvalue weighted by atomic mass is 79.9. The van der Waals surface area contributed by atoms with Crippen LogP contribution in [0.4, 0.5) is 0 Å². The molecule has 0 aliphatic carbocycles. The van der Waals surface area contributed by atoms with Crippen LogP contribution in [0.1, 0.15) is 43.1 Å². The first-order valence-electron chi connectivity index (χ1n) is 6.67. The van der Waals surface area contributed by atoms with Crippen molar-refractivity contribution < 1.29 is 4.79 Å². The molecule has 0 amide bonds. The summed E-state index contributed by atoms with van der Waals surface area (Å²) in [4.78, 5) is 12.4. The number of hydrogen-bond donors (Lipinski definition) is 1. The molecule has 0 atom stereocenters. The van der Waals surface area contributed by atoms with E-state index in [1.165, 1.54) is 0 Å². The number of ketones is 1. The summed E-state index contributed by atoms with van der Waals surface area (Å²) in [6, 6.07) is 0. The maximum absolute atomic E-state index is 12.4. The molecule has 0 unspecified atom stereocenters. The zero-order chi connectivity index (χ0) is 13.0. The summed E-state index contributed by atoms with van der Waals surface area (Å²) in [7, 11) is 0. The van der Waals surface area contributed by atoms with Crippen molar-refractivity contribution in [1.82, 2.24) is 15.1 Å². The molecule has 1 aromatic rings. The summed E-state index contributed by atoms with van der Waals surface area (Å²) >= 11 is 3.44. The van der Waals surface area contributed by atoms with E-state index in [2.05, 4.69) is 33.3 Å². The number of piperidine rings is 1.